The molecule has 0 aliphatic carbocycles. The van der Waals surface area contributed by atoms with Crippen molar-refractivity contribution in [3.63, 3.8) is 0 Å². The van der Waals surface area contributed by atoms with Crippen molar-refractivity contribution in [2.75, 3.05) is 44.4 Å². The number of carbonyl (C=O) groups is 1. The van der Waals surface area contributed by atoms with E-state index < -0.39 is 0 Å². The lowest BCUT2D eigenvalue weighted by Crippen LogP contribution is -2.39. The molecule has 8 nitrogen and oxygen atoms in total. The highest BCUT2D eigenvalue weighted by molar-refractivity contribution is 5.91. The molecule has 0 radical (unpaired) electrons. The van der Waals surface area contributed by atoms with E-state index in [0.717, 1.165) is 24.0 Å². The number of aromatic nitrogens is 1. The van der Waals surface area contributed by atoms with Crippen LogP contribution < -0.4 is 4.90 Å². The molecule has 0 bridgehead atoms. The van der Waals surface area contributed by atoms with Gasteiger partial charge in [-0.25, -0.2) is 4.39 Å². The van der Waals surface area contributed by atoms with E-state index in [1.807, 2.05) is 0 Å². The summed E-state index contributed by atoms with van der Waals surface area (Å²) in [5.74, 6) is 0.308. The first-order valence-electron chi connectivity index (χ1n) is 11.2. The molecule has 2 aliphatic heterocycles. The van der Waals surface area contributed by atoms with Crippen molar-refractivity contribution in [1.82, 2.24) is 10.1 Å². The minimum Gasteiger partial charge on any atom is -0.459 e. The Hall–Kier alpha value is -3.17. The van der Waals surface area contributed by atoms with Gasteiger partial charge in [0.25, 0.3) is 5.91 Å². The van der Waals surface area contributed by atoms with Gasteiger partial charge in [-0.15, -0.1) is 0 Å². The molecule has 2 aromatic heterocycles. The molecule has 0 N–H and O–H groups in total. The van der Waals surface area contributed by atoms with E-state index >= 15 is 0 Å². The van der Waals surface area contributed by atoms with Crippen LogP contribution in [0.4, 0.5) is 10.3 Å². The Morgan fingerprint density at radius 1 is 1.15 bits per heavy atom. The molecule has 0 spiro atoms. The van der Waals surface area contributed by atoms with E-state index in [1.165, 1.54) is 18.4 Å². The quantitative estimate of drug-likeness (QED) is 0.537. The van der Waals surface area contributed by atoms with E-state index in [2.05, 4.69) is 10.1 Å². The predicted molar refractivity (Wildman–Crippen MR) is 117 cm³/mol. The molecule has 174 valence electrons. The molecule has 5 rings (SSSR count). The van der Waals surface area contributed by atoms with Gasteiger partial charge in [-0.2, -0.15) is 0 Å². The molecule has 2 saturated heterocycles. The zero-order valence-corrected chi connectivity index (χ0v) is 18.2. The van der Waals surface area contributed by atoms with E-state index in [4.69, 9.17) is 18.4 Å². The molecule has 2 aliphatic rings. The third kappa shape index (κ3) is 4.79. The number of hydrogen-bond acceptors (Lipinski definition) is 7. The maximum Gasteiger partial charge on any atom is 0.289 e. The lowest BCUT2D eigenvalue weighted by Gasteiger charge is -2.29. The number of rotatable bonds is 7. The maximum atomic E-state index is 13.6. The first-order chi connectivity index (χ1) is 16.2. The Morgan fingerprint density at radius 2 is 1.97 bits per heavy atom. The van der Waals surface area contributed by atoms with Crippen LogP contribution in [0, 0.1) is 5.82 Å². The summed E-state index contributed by atoms with van der Waals surface area (Å²) in [6.07, 6.45) is 3.32. The highest BCUT2D eigenvalue weighted by atomic mass is 19.1. The number of carbonyl (C=O) groups excluding carboxylic acids is 1. The molecule has 33 heavy (non-hydrogen) atoms. The third-order valence-corrected chi connectivity index (χ3v) is 6.00. The zero-order valence-electron chi connectivity index (χ0n) is 18.2. The summed E-state index contributed by atoms with van der Waals surface area (Å²) in [6.45, 7) is 3.85. The number of morpholine rings is 1. The molecular formula is C24H26FN3O5. The monoisotopic (exact) mass is 455 g/mol. The van der Waals surface area contributed by atoms with Gasteiger partial charge >= 0.3 is 0 Å². The van der Waals surface area contributed by atoms with Crippen LogP contribution in [0.3, 0.4) is 0 Å². The summed E-state index contributed by atoms with van der Waals surface area (Å²) in [5, 5.41) is 4.33. The van der Waals surface area contributed by atoms with Gasteiger partial charge < -0.3 is 28.2 Å². The average Bonchev–Trinajstić information content (AvgIpc) is 3.62. The first-order valence-corrected chi connectivity index (χ1v) is 11.2. The van der Waals surface area contributed by atoms with Crippen molar-refractivity contribution < 1.29 is 27.6 Å². The van der Waals surface area contributed by atoms with Gasteiger partial charge in [0.1, 0.15) is 11.5 Å². The number of halogens is 1. The fourth-order valence-electron chi connectivity index (χ4n) is 4.29. The van der Waals surface area contributed by atoms with Gasteiger partial charge in [0.2, 0.25) is 5.88 Å². The number of benzene rings is 1. The van der Waals surface area contributed by atoms with Gasteiger partial charge in [0.05, 0.1) is 37.7 Å². The number of hydrogen-bond donors (Lipinski definition) is 0. The van der Waals surface area contributed by atoms with Gasteiger partial charge in [0.15, 0.2) is 5.76 Å². The molecule has 2 fully saturated rings. The summed E-state index contributed by atoms with van der Waals surface area (Å²) in [5.41, 5.74) is 2.07. The lowest BCUT2D eigenvalue weighted by atomic mass is 10.1. The topological polar surface area (TPSA) is 81.2 Å². The highest BCUT2D eigenvalue weighted by Gasteiger charge is 2.30. The fourth-order valence-corrected chi connectivity index (χ4v) is 4.29. The number of anilines is 1. The standard InChI is InChI=1S/C24H26FN3O5/c25-18-7-5-17(6-8-18)22-20(24(33-26-22)27-9-13-30-14-10-27)16-28(15-19-3-1-11-31-19)23(29)21-4-2-12-32-21/h2,4-8,12,19H,1,3,9-11,13-16H2/t19-/m1/s1. The third-order valence-electron chi connectivity index (χ3n) is 6.00. The van der Waals surface area contributed by atoms with Crippen molar-refractivity contribution >= 4 is 11.8 Å². The largest absolute Gasteiger partial charge is 0.459 e. The van der Waals surface area contributed by atoms with Crippen LogP contribution in [0.25, 0.3) is 11.3 Å². The molecule has 0 saturated carbocycles. The molecule has 0 unspecified atom stereocenters. The van der Waals surface area contributed by atoms with Crippen molar-refractivity contribution in [2.24, 2.45) is 0 Å². The summed E-state index contributed by atoms with van der Waals surface area (Å²) in [4.78, 5) is 17.1. The average molecular weight is 455 g/mol. The van der Waals surface area contributed by atoms with Crippen molar-refractivity contribution in [2.45, 2.75) is 25.5 Å². The van der Waals surface area contributed by atoms with Crippen LogP contribution in [-0.2, 0) is 16.0 Å². The van der Waals surface area contributed by atoms with Crippen LogP contribution >= 0.6 is 0 Å². The van der Waals surface area contributed by atoms with Crippen LogP contribution in [0.1, 0.15) is 29.0 Å². The van der Waals surface area contributed by atoms with Crippen LogP contribution in [-0.4, -0.2) is 61.5 Å². The first kappa shape index (κ1) is 21.7. The smallest absolute Gasteiger partial charge is 0.289 e. The molecule has 1 amide bonds. The fraction of sp³-hybridized carbons (Fsp3) is 0.417. The van der Waals surface area contributed by atoms with Gasteiger partial charge in [-0.1, -0.05) is 5.16 Å². The van der Waals surface area contributed by atoms with Gasteiger partial charge in [-0.3, -0.25) is 4.79 Å². The summed E-state index contributed by atoms with van der Waals surface area (Å²) >= 11 is 0. The van der Waals surface area contributed by atoms with E-state index in [0.29, 0.717) is 51.0 Å². The van der Waals surface area contributed by atoms with Crippen LogP contribution in [0.5, 0.6) is 0 Å². The molecular weight excluding hydrogens is 429 g/mol. The van der Waals surface area contributed by atoms with Crippen molar-refractivity contribution in [3.05, 3.63) is 59.8 Å². The second kappa shape index (κ2) is 9.76. The highest BCUT2D eigenvalue weighted by Crippen LogP contribution is 2.34. The number of amides is 1. The Balaban J connectivity index is 1.51. The number of furan rings is 1. The zero-order chi connectivity index (χ0) is 22.6. The Labute approximate surface area is 190 Å². The molecule has 3 aromatic rings. The van der Waals surface area contributed by atoms with Gasteiger partial charge in [0, 0.05) is 31.8 Å². The second-order valence-corrected chi connectivity index (χ2v) is 8.22. The van der Waals surface area contributed by atoms with Crippen molar-refractivity contribution in [1.29, 1.82) is 0 Å². The Morgan fingerprint density at radius 3 is 2.67 bits per heavy atom. The van der Waals surface area contributed by atoms with Gasteiger partial charge in [-0.05, 0) is 49.2 Å². The SMILES string of the molecule is O=C(c1ccco1)N(Cc1c(-c2ccc(F)cc2)noc1N1CCOCC1)C[C@H]1CCCO1. The lowest BCUT2D eigenvalue weighted by molar-refractivity contribution is 0.0484. The minimum absolute atomic E-state index is 0.0371. The second-order valence-electron chi connectivity index (χ2n) is 8.22. The number of nitrogens with zero attached hydrogens (tertiary/aromatic N) is 3. The predicted octanol–water partition coefficient (Wildman–Crippen LogP) is 3.73. The summed E-state index contributed by atoms with van der Waals surface area (Å²) in [6, 6.07) is 9.46. The van der Waals surface area contributed by atoms with Crippen molar-refractivity contribution in [3.8, 4) is 11.3 Å². The van der Waals surface area contributed by atoms with E-state index in [9.17, 15) is 9.18 Å². The Kier molecular flexibility index (Phi) is 6.41. The minimum atomic E-state index is -0.329. The summed E-state index contributed by atoms with van der Waals surface area (Å²) < 4.78 is 36.0. The van der Waals surface area contributed by atoms with Crippen LogP contribution in [0.2, 0.25) is 0 Å². The molecule has 9 heteroatoms. The normalized spacial score (nSPS) is 18.6. The maximum absolute atomic E-state index is 13.6. The van der Waals surface area contributed by atoms with Crippen LogP contribution in [0.15, 0.2) is 51.6 Å². The Bertz CT molecular complexity index is 1050. The van der Waals surface area contributed by atoms with E-state index in [1.54, 1.807) is 29.2 Å². The summed E-state index contributed by atoms with van der Waals surface area (Å²) in [7, 11) is 0. The molecule has 1 atom stereocenters. The number of ether oxygens (including phenoxy) is 2. The van der Waals surface area contributed by atoms with E-state index in [-0.39, 0.29) is 30.1 Å². The molecule has 4 heterocycles. The molecule has 1 aromatic carbocycles.